The van der Waals surface area contributed by atoms with Crippen LogP contribution in [0.15, 0.2) is 48.1 Å². The normalized spacial score (nSPS) is 52.6. The summed E-state index contributed by atoms with van der Waals surface area (Å²) in [5.74, 6) is 4.76. The molecule has 1 atom stereocenters. The highest BCUT2D eigenvalue weighted by Crippen LogP contribution is 2.68. The van der Waals surface area contributed by atoms with Gasteiger partial charge >= 0.3 is 0 Å². The van der Waals surface area contributed by atoms with Crippen molar-refractivity contribution in [2.24, 2.45) is 35.0 Å². The van der Waals surface area contributed by atoms with E-state index in [1.54, 1.807) is 12.0 Å². The molecule has 0 heterocycles. The minimum atomic E-state index is 0.502. The quantitative estimate of drug-likeness (QED) is 0.586. The van der Waals surface area contributed by atoms with E-state index in [1.165, 1.54) is 25.7 Å². The van der Waals surface area contributed by atoms with Gasteiger partial charge in [0.25, 0.3) is 0 Å². The lowest BCUT2D eigenvalue weighted by Crippen LogP contribution is -2.54. The monoisotopic (exact) mass is 250 g/mol. The van der Waals surface area contributed by atoms with Crippen molar-refractivity contribution < 1.29 is 0 Å². The van der Waals surface area contributed by atoms with Crippen LogP contribution in [0.5, 0.6) is 0 Å². The highest BCUT2D eigenvalue weighted by molar-refractivity contribution is 5.44. The van der Waals surface area contributed by atoms with E-state index in [-0.39, 0.29) is 0 Å². The number of rotatable bonds is 0. The summed E-state index contributed by atoms with van der Waals surface area (Å²) in [4.78, 5) is 0. The lowest BCUT2D eigenvalue weighted by atomic mass is 9.43. The summed E-state index contributed by atoms with van der Waals surface area (Å²) in [5.41, 5.74) is 2.07. The van der Waals surface area contributed by atoms with Crippen LogP contribution in [0, 0.1) is 35.0 Å². The van der Waals surface area contributed by atoms with E-state index in [0.717, 1.165) is 23.7 Å². The molecule has 0 aromatic heterocycles. The molecule has 4 bridgehead atoms. The number of allylic oxidation sites excluding steroid dienone is 8. The van der Waals surface area contributed by atoms with E-state index in [0.29, 0.717) is 11.3 Å². The molecule has 4 saturated carbocycles. The van der Waals surface area contributed by atoms with Crippen LogP contribution in [0.2, 0.25) is 0 Å². The van der Waals surface area contributed by atoms with Gasteiger partial charge in [0.05, 0.1) is 0 Å². The summed E-state index contributed by atoms with van der Waals surface area (Å²) in [5, 5.41) is 0. The average molecular weight is 250 g/mol. The topological polar surface area (TPSA) is 0 Å². The molecule has 6 aliphatic carbocycles. The Bertz CT molecular complexity index is 500. The van der Waals surface area contributed by atoms with Gasteiger partial charge in [0.1, 0.15) is 0 Å². The Morgan fingerprint density at radius 1 is 0.842 bits per heavy atom. The Kier molecular flexibility index (Phi) is 1.99. The third-order valence-corrected chi connectivity index (χ3v) is 6.83. The molecule has 19 heavy (non-hydrogen) atoms. The van der Waals surface area contributed by atoms with Crippen LogP contribution in [-0.2, 0) is 0 Å². The molecular weight excluding hydrogens is 228 g/mol. The van der Waals surface area contributed by atoms with Crippen molar-refractivity contribution >= 4 is 0 Å². The maximum absolute atomic E-state index is 2.64. The van der Waals surface area contributed by atoms with Gasteiger partial charge in [0.15, 0.2) is 0 Å². The van der Waals surface area contributed by atoms with E-state index in [9.17, 15) is 0 Å². The lowest BCUT2D eigenvalue weighted by molar-refractivity contribution is -0.0914. The first-order valence-electron chi connectivity index (χ1n) is 8.10. The molecule has 0 heteroatoms. The predicted octanol–water partition coefficient (Wildman–Crippen LogP) is 4.67. The van der Waals surface area contributed by atoms with E-state index >= 15 is 0 Å². The summed E-state index contributed by atoms with van der Waals surface area (Å²) in [6.07, 6.45) is 24.3. The van der Waals surface area contributed by atoms with E-state index < -0.39 is 0 Å². The van der Waals surface area contributed by atoms with Crippen LogP contribution < -0.4 is 0 Å². The fourth-order valence-electron chi connectivity index (χ4n) is 6.36. The third kappa shape index (κ3) is 1.26. The van der Waals surface area contributed by atoms with Gasteiger partial charge in [-0.2, -0.15) is 0 Å². The molecule has 6 rings (SSSR count). The molecule has 0 radical (unpaired) electrons. The Hall–Kier alpha value is -1.04. The molecule has 0 aliphatic heterocycles. The SMILES string of the molecule is C1=CC=C2C=CC3(C4CC5CC(C4)CC3C5)C2C=C1. The summed E-state index contributed by atoms with van der Waals surface area (Å²) < 4.78 is 0. The molecule has 1 unspecified atom stereocenters. The van der Waals surface area contributed by atoms with Crippen LogP contribution in [0.25, 0.3) is 0 Å². The van der Waals surface area contributed by atoms with Gasteiger partial charge in [0.2, 0.25) is 0 Å². The van der Waals surface area contributed by atoms with Crippen molar-refractivity contribution in [1.82, 2.24) is 0 Å². The van der Waals surface area contributed by atoms with Crippen LogP contribution in [0.4, 0.5) is 0 Å². The zero-order valence-corrected chi connectivity index (χ0v) is 11.5. The Balaban J connectivity index is 1.63. The average Bonchev–Trinajstić information content (AvgIpc) is 2.60. The summed E-state index contributed by atoms with van der Waals surface area (Å²) in [7, 11) is 0. The molecule has 6 aliphatic rings. The second-order valence-electron chi connectivity index (χ2n) is 7.55. The highest BCUT2D eigenvalue weighted by Gasteiger charge is 2.60. The number of hydrogen-bond acceptors (Lipinski definition) is 0. The Morgan fingerprint density at radius 2 is 1.58 bits per heavy atom. The smallest absolute Gasteiger partial charge is 0.0117 e. The minimum Gasteiger partial charge on any atom is -0.0765 e. The minimum absolute atomic E-state index is 0.502. The van der Waals surface area contributed by atoms with Crippen molar-refractivity contribution in [1.29, 1.82) is 0 Å². The van der Waals surface area contributed by atoms with E-state index in [1.807, 2.05) is 0 Å². The van der Waals surface area contributed by atoms with Gasteiger partial charge in [-0.05, 0) is 61.3 Å². The molecule has 0 saturated heterocycles. The highest BCUT2D eigenvalue weighted by atomic mass is 14.6. The summed E-state index contributed by atoms with van der Waals surface area (Å²) in [6.45, 7) is 0. The second kappa shape index (κ2) is 3.53. The van der Waals surface area contributed by atoms with Crippen LogP contribution in [-0.4, -0.2) is 0 Å². The standard InChI is InChI=1S/C19H22/c1-2-4-15-6-7-19(18(15)5-3-1)16-9-13-8-14(11-16)12-17(19)10-13/h1-7,13-14,16-18H,8-12H2. The first-order chi connectivity index (χ1) is 9.36. The maximum atomic E-state index is 2.64. The van der Waals surface area contributed by atoms with Gasteiger partial charge in [-0.3, -0.25) is 0 Å². The third-order valence-electron chi connectivity index (χ3n) is 6.83. The van der Waals surface area contributed by atoms with Crippen molar-refractivity contribution in [2.75, 3.05) is 0 Å². The van der Waals surface area contributed by atoms with Gasteiger partial charge < -0.3 is 0 Å². The zero-order chi connectivity index (χ0) is 12.4. The zero-order valence-electron chi connectivity index (χ0n) is 11.5. The molecule has 0 amide bonds. The molecule has 0 aromatic rings. The molecule has 0 aromatic carbocycles. The molecule has 1 spiro atoms. The van der Waals surface area contributed by atoms with Gasteiger partial charge in [-0.25, -0.2) is 0 Å². The second-order valence-corrected chi connectivity index (χ2v) is 7.55. The van der Waals surface area contributed by atoms with Crippen molar-refractivity contribution in [2.45, 2.75) is 32.1 Å². The molecular formula is C19H22. The molecule has 0 nitrogen and oxygen atoms in total. The van der Waals surface area contributed by atoms with E-state index in [4.69, 9.17) is 0 Å². The maximum Gasteiger partial charge on any atom is 0.0117 e. The first kappa shape index (κ1) is 10.7. The van der Waals surface area contributed by atoms with E-state index in [2.05, 4.69) is 42.5 Å². The van der Waals surface area contributed by atoms with Crippen LogP contribution >= 0.6 is 0 Å². The van der Waals surface area contributed by atoms with Gasteiger partial charge in [-0.15, -0.1) is 0 Å². The van der Waals surface area contributed by atoms with Gasteiger partial charge in [-0.1, -0.05) is 42.5 Å². The fourth-order valence-corrected chi connectivity index (χ4v) is 6.36. The lowest BCUT2D eigenvalue weighted by Gasteiger charge is -2.61. The van der Waals surface area contributed by atoms with Gasteiger partial charge in [0, 0.05) is 11.3 Å². The molecule has 98 valence electrons. The molecule has 4 fully saturated rings. The van der Waals surface area contributed by atoms with Crippen molar-refractivity contribution in [3.8, 4) is 0 Å². The van der Waals surface area contributed by atoms with Crippen molar-refractivity contribution in [3.05, 3.63) is 48.1 Å². The largest absolute Gasteiger partial charge is 0.0765 e. The fraction of sp³-hybridized carbons (Fsp3) is 0.579. The molecule has 0 N–H and O–H groups in total. The summed E-state index contributed by atoms with van der Waals surface area (Å²) in [6, 6.07) is 0. The van der Waals surface area contributed by atoms with Crippen molar-refractivity contribution in [3.63, 3.8) is 0 Å². The predicted molar refractivity (Wildman–Crippen MR) is 78.5 cm³/mol. The first-order valence-corrected chi connectivity index (χ1v) is 8.10. The number of hydrogen-bond donors (Lipinski definition) is 0. The number of fused-ring (bicyclic) bond motifs is 1. The van der Waals surface area contributed by atoms with Crippen LogP contribution in [0.1, 0.15) is 32.1 Å². The Morgan fingerprint density at radius 3 is 2.32 bits per heavy atom. The Labute approximate surface area is 116 Å². The van der Waals surface area contributed by atoms with Crippen LogP contribution in [0.3, 0.4) is 0 Å². The summed E-state index contributed by atoms with van der Waals surface area (Å²) >= 11 is 0.